The highest BCUT2D eigenvalue weighted by atomic mass is 32.1. The van der Waals surface area contributed by atoms with E-state index in [2.05, 4.69) is 5.43 Å². The largest absolute Gasteiger partial charge is 0.497 e. The third kappa shape index (κ3) is 2.76. The van der Waals surface area contributed by atoms with Crippen molar-refractivity contribution in [1.29, 1.82) is 0 Å². The van der Waals surface area contributed by atoms with Crippen LogP contribution in [0.3, 0.4) is 0 Å². The first-order chi connectivity index (χ1) is 10.2. The number of nitrogens with two attached hydrogens (primary N) is 1. The van der Waals surface area contributed by atoms with Crippen LogP contribution in [-0.2, 0) is 0 Å². The van der Waals surface area contributed by atoms with Crippen LogP contribution in [0.15, 0.2) is 48.5 Å². The second-order valence-electron chi connectivity index (χ2n) is 4.70. The summed E-state index contributed by atoms with van der Waals surface area (Å²) in [6, 6.07) is 14.4. The Bertz CT molecular complexity index is 755. The van der Waals surface area contributed by atoms with Crippen molar-refractivity contribution in [2.24, 2.45) is 5.84 Å². The third-order valence-electron chi connectivity index (χ3n) is 3.40. The molecule has 2 aromatic carbocycles. The molecular formula is C16H15FN2OS. The van der Waals surface area contributed by atoms with Crippen molar-refractivity contribution in [3.63, 3.8) is 0 Å². The first kappa shape index (κ1) is 14.0. The molecule has 0 aliphatic carbocycles. The van der Waals surface area contributed by atoms with Crippen LogP contribution in [0.2, 0.25) is 0 Å². The number of halogens is 1. The molecule has 5 heteroatoms. The van der Waals surface area contributed by atoms with Gasteiger partial charge in [-0.05, 0) is 47.3 Å². The van der Waals surface area contributed by atoms with Gasteiger partial charge in [0, 0.05) is 9.58 Å². The molecule has 1 unspecified atom stereocenters. The molecule has 0 aliphatic heterocycles. The molecule has 0 fully saturated rings. The van der Waals surface area contributed by atoms with Gasteiger partial charge in [0.25, 0.3) is 0 Å². The summed E-state index contributed by atoms with van der Waals surface area (Å²) >= 11 is 1.60. The number of ether oxygens (including phenoxy) is 1. The maximum absolute atomic E-state index is 13.3. The summed E-state index contributed by atoms with van der Waals surface area (Å²) in [6.45, 7) is 0. The van der Waals surface area contributed by atoms with E-state index in [-0.39, 0.29) is 11.9 Å². The van der Waals surface area contributed by atoms with Gasteiger partial charge in [-0.1, -0.05) is 12.1 Å². The molecule has 0 spiro atoms. The molecule has 1 aromatic heterocycles. The Morgan fingerprint density at radius 1 is 1.14 bits per heavy atom. The molecule has 1 atom stereocenters. The third-order valence-corrected chi connectivity index (χ3v) is 4.58. The Balaban J connectivity index is 2.00. The van der Waals surface area contributed by atoms with Gasteiger partial charge >= 0.3 is 0 Å². The molecule has 0 amide bonds. The minimum Gasteiger partial charge on any atom is -0.497 e. The molecule has 3 aromatic rings. The summed E-state index contributed by atoms with van der Waals surface area (Å²) < 4.78 is 19.5. The summed E-state index contributed by atoms with van der Waals surface area (Å²) in [7, 11) is 1.63. The Morgan fingerprint density at radius 2 is 1.90 bits per heavy atom. The lowest BCUT2D eigenvalue weighted by atomic mass is 10.1. The number of hydrogen-bond acceptors (Lipinski definition) is 4. The van der Waals surface area contributed by atoms with Gasteiger partial charge in [0.2, 0.25) is 0 Å². The average molecular weight is 302 g/mol. The number of hydrogen-bond donors (Lipinski definition) is 2. The number of rotatable bonds is 4. The summed E-state index contributed by atoms with van der Waals surface area (Å²) in [6.07, 6.45) is 0. The van der Waals surface area contributed by atoms with E-state index in [0.29, 0.717) is 0 Å². The predicted octanol–water partition coefficient (Wildman–Crippen LogP) is 3.60. The summed E-state index contributed by atoms with van der Waals surface area (Å²) in [4.78, 5) is 1.04. The molecular weight excluding hydrogens is 287 g/mol. The number of benzene rings is 2. The molecule has 0 bridgehead atoms. The van der Waals surface area contributed by atoms with E-state index >= 15 is 0 Å². The average Bonchev–Trinajstić information content (AvgIpc) is 2.91. The van der Waals surface area contributed by atoms with Crippen molar-refractivity contribution in [2.45, 2.75) is 6.04 Å². The van der Waals surface area contributed by atoms with E-state index in [9.17, 15) is 4.39 Å². The van der Waals surface area contributed by atoms with Gasteiger partial charge in [0.15, 0.2) is 0 Å². The first-order valence-electron chi connectivity index (χ1n) is 6.50. The van der Waals surface area contributed by atoms with Crippen molar-refractivity contribution in [3.05, 3.63) is 64.8 Å². The van der Waals surface area contributed by atoms with Crippen molar-refractivity contribution in [3.8, 4) is 5.75 Å². The quantitative estimate of drug-likeness (QED) is 0.572. The minimum absolute atomic E-state index is 0.128. The smallest absolute Gasteiger partial charge is 0.123 e. The molecule has 1 heterocycles. The number of thiophene rings is 1. The zero-order valence-electron chi connectivity index (χ0n) is 11.5. The fraction of sp³-hybridized carbons (Fsp3) is 0.125. The zero-order chi connectivity index (χ0) is 14.8. The van der Waals surface area contributed by atoms with Crippen molar-refractivity contribution in [2.75, 3.05) is 7.11 Å². The number of nitrogens with one attached hydrogen (secondary N) is 1. The lowest BCUT2D eigenvalue weighted by Gasteiger charge is -2.15. The molecule has 108 valence electrons. The molecule has 3 rings (SSSR count). The fourth-order valence-electron chi connectivity index (χ4n) is 2.32. The molecule has 21 heavy (non-hydrogen) atoms. The van der Waals surface area contributed by atoms with Gasteiger partial charge < -0.3 is 4.74 Å². The van der Waals surface area contributed by atoms with Gasteiger partial charge in [-0.2, -0.15) is 0 Å². The normalized spacial score (nSPS) is 12.5. The van der Waals surface area contributed by atoms with E-state index in [0.717, 1.165) is 26.3 Å². The van der Waals surface area contributed by atoms with E-state index < -0.39 is 0 Å². The number of methoxy groups -OCH3 is 1. The molecule has 0 saturated carbocycles. The van der Waals surface area contributed by atoms with Gasteiger partial charge in [-0.15, -0.1) is 11.3 Å². The van der Waals surface area contributed by atoms with E-state index in [4.69, 9.17) is 10.6 Å². The molecule has 0 saturated heterocycles. The molecule has 0 aliphatic rings. The lowest BCUT2D eigenvalue weighted by molar-refractivity contribution is 0.414. The monoisotopic (exact) mass is 302 g/mol. The highest BCUT2D eigenvalue weighted by Crippen LogP contribution is 2.33. The van der Waals surface area contributed by atoms with Gasteiger partial charge in [-0.3, -0.25) is 5.84 Å². The highest BCUT2D eigenvalue weighted by molar-refractivity contribution is 7.19. The number of hydrazine groups is 1. The van der Waals surface area contributed by atoms with Crippen molar-refractivity contribution >= 4 is 21.4 Å². The molecule has 0 radical (unpaired) electrons. The van der Waals surface area contributed by atoms with Gasteiger partial charge in [-0.25, -0.2) is 9.82 Å². The Kier molecular flexibility index (Phi) is 3.88. The van der Waals surface area contributed by atoms with Gasteiger partial charge in [0.05, 0.1) is 13.2 Å². The van der Waals surface area contributed by atoms with Crippen LogP contribution in [0.25, 0.3) is 10.1 Å². The second kappa shape index (κ2) is 5.81. The van der Waals surface area contributed by atoms with E-state index in [1.165, 1.54) is 12.1 Å². The maximum atomic E-state index is 13.3. The molecule has 3 nitrogen and oxygen atoms in total. The summed E-state index contributed by atoms with van der Waals surface area (Å²) in [5.41, 5.74) is 3.86. The van der Waals surface area contributed by atoms with Crippen LogP contribution in [0.5, 0.6) is 5.75 Å². The second-order valence-corrected chi connectivity index (χ2v) is 5.82. The summed E-state index contributed by atoms with van der Waals surface area (Å²) in [5.74, 6) is 6.28. The Morgan fingerprint density at radius 3 is 2.57 bits per heavy atom. The van der Waals surface area contributed by atoms with Crippen LogP contribution < -0.4 is 16.0 Å². The van der Waals surface area contributed by atoms with E-state index in [1.807, 2.05) is 30.3 Å². The van der Waals surface area contributed by atoms with Crippen LogP contribution in [-0.4, -0.2) is 7.11 Å². The van der Waals surface area contributed by atoms with Crippen LogP contribution >= 0.6 is 11.3 Å². The first-order valence-corrected chi connectivity index (χ1v) is 7.32. The summed E-state index contributed by atoms with van der Waals surface area (Å²) in [5, 5.41) is 0.892. The fourth-order valence-corrected chi connectivity index (χ4v) is 3.45. The zero-order valence-corrected chi connectivity index (χ0v) is 12.3. The lowest BCUT2D eigenvalue weighted by Crippen LogP contribution is -2.28. The SMILES string of the molecule is COc1ccc(C(NN)c2cc3cc(F)ccc3s2)cc1. The highest BCUT2D eigenvalue weighted by Gasteiger charge is 2.15. The van der Waals surface area contributed by atoms with Crippen LogP contribution in [0.4, 0.5) is 4.39 Å². The van der Waals surface area contributed by atoms with Crippen LogP contribution in [0, 0.1) is 5.82 Å². The maximum Gasteiger partial charge on any atom is 0.123 e. The standard InChI is InChI=1S/C16H15FN2OS/c1-20-13-5-2-10(3-6-13)16(19-18)15-9-11-8-12(17)4-7-14(11)21-15/h2-9,16,19H,18H2,1H3. The predicted molar refractivity (Wildman–Crippen MR) is 83.9 cm³/mol. The van der Waals surface area contributed by atoms with Crippen molar-refractivity contribution in [1.82, 2.24) is 5.43 Å². The van der Waals surface area contributed by atoms with E-state index in [1.54, 1.807) is 24.5 Å². The molecule has 3 N–H and O–H groups in total. The number of fused-ring (bicyclic) bond motifs is 1. The topological polar surface area (TPSA) is 47.3 Å². The van der Waals surface area contributed by atoms with Crippen molar-refractivity contribution < 1.29 is 9.13 Å². The Hall–Kier alpha value is -1.95. The Labute approximate surface area is 126 Å². The van der Waals surface area contributed by atoms with Crippen LogP contribution in [0.1, 0.15) is 16.5 Å². The minimum atomic E-state index is -0.228. The van der Waals surface area contributed by atoms with Gasteiger partial charge in [0.1, 0.15) is 11.6 Å².